The number of fused-ring (bicyclic) bond motifs is 1. The molecule has 0 bridgehead atoms. The zero-order chi connectivity index (χ0) is 17.3. The quantitative estimate of drug-likeness (QED) is 0.908. The highest BCUT2D eigenvalue weighted by Gasteiger charge is 2.35. The number of morpholine rings is 1. The van der Waals surface area contributed by atoms with Gasteiger partial charge in [0.1, 0.15) is 0 Å². The fraction of sp³-hybridized carbons (Fsp3) is 0.632. The van der Waals surface area contributed by atoms with Crippen LogP contribution in [0, 0.1) is 0 Å². The number of amides is 1. The summed E-state index contributed by atoms with van der Waals surface area (Å²) in [6.07, 6.45) is 1.31. The van der Waals surface area contributed by atoms with Crippen molar-refractivity contribution in [3.05, 3.63) is 29.8 Å². The van der Waals surface area contributed by atoms with E-state index >= 15 is 0 Å². The Labute approximate surface area is 149 Å². The average Bonchev–Trinajstić information content (AvgIpc) is 2.96. The van der Waals surface area contributed by atoms with E-state index in [1.165, 1.54) is 10.5 Å². The summed E-state index contributed by atoms with van der Waals surface area (Å²) in [7, 11) is 0. The van der Waals surface area contributed by atoms with Crippen LogP contribution in [0.2, 0.25) is 0 Å². The number of carbonyl (C=O) groups excluding carboxylic acids is 1. The van der Waals surface area contributed by atoms with Gasteiger partial charge in [-0.05, 0) is 45.7 Å². The fourth-order valence-corrected chi connectivity index (χ4v) is 4.75. The van der Waals surface area contributed by atoms with Gasteiger partial charge in [0.25, 0.3) is 0 Å². The van der Waals surface area contributed by atoms with Crippen LogP contribution in [0.5, 0.6) is 0 Å². The Morgan fingerprint density at radius 3 is 2.62 bits per heavy atom. The van der Waals surface area contributed by atoms with E-state index in [9.17, 15) is 4.79 Å². The number of hydrogen-bond donors (Lipinski definition) is 1. The predicted octanol–water partition coefficient (Wildman–Crippen LogP) is 2.71. The Morgan fingerprint density at radius 2 is 1.96 bits per heavy atom. The molecule has 0 spiro atoms. The molecule has 0 unspecified atom stereocenters. The molecule has 1 N–H and O–H groups in total. The van der Waals surface area contributed by atoms with Crippen LogP contribution in [0.3, 0.4) is 0 Å². The molecular formula is C19H28N2O2S. The Morgan fingerprint density at radius 1 is 1.29 bits per heavy atom. The first-order chi connectivity index (χ1) is 11.3. The molecule has 4 nitrogen and oxygen atoms in total. The lowest BCUT2D eigenvalue weighted by Crippen LogP contribution is -2.59. The molecule has 0 saturated carbocycles. The zero-order valence-corrected chi connectivity index (χ0v) is 15.9. The van der Waals surface area contributed by atoms with Crippen molar-refractivity contribution in [2.75, 3.05) is 19.6 Å². The first-order valence-corrected chi connectivity index (χ1v) is 9.66. The summed E-state index contributed by atoms with van der Waals surface area (Å²) in [5.41, 5.74) is 1.22. The third kappa shape index (κ3) is 3.95. The Bertz CT molecular complexity index is 570. The van der Waals surface area contributed by atoms with Crippen LogP contribution >= 0.6 is 11.8 Å². The summed E-state index contributed by atoms with van der Waals surface area (Å²) in [4.78, 5) is 16.3. The van der Waals surface area contributed by atoms with E-state index in [0.717, 1.165) is 19.5 Å². The van der Waals surface area contributed by atoms with Crippen molar-refractivity contribution >= 4 is 17.7 Å². The molecule has 2 heterocycles. The molecule has 24 heavy (non-hydrogen) atoms. The van der Waals surface area contributed by atoms with Gasteiger partial charge in [0, 0.05) is 30.1 Å². The van der Waals surface area contributed by atoms with Gasteiger partial charge in [-0.1, -0.05) is 18.2 Å². The molecule has 1 aromatic rings. The lowest BCUT2D eigenvalue weighted by molar-refractivity contribution is -0.122. The Balaban J connectivity index is 1.54. The van der Waals surface area contributed by atoms with Gasteiger partial charge >= 0.3 is 0 Å². The first-order valence-electron chi connectivity index (χ1n) is 8.78. The van der Waals surface area contributed by atoms with Crippen molar-refractivity contribution in [1.82, 2.24) is 10.2 Å². The van der Waals surface area contributed by atoms with Gasteiger partial charge in [-0.2, -0.15) is 0 Å². The molecule has 1 saturated heterocycles. The largest absolute Gasteiger partial charge is 0.373 e. The van der Waals surface area contributed by atoms with E-state index in [1.54, 1.807) is 11.8 Å². The van der Waals surface area contributed by atoms with Crippen LogP contribution in [0.1, 0.15) is 33.3 Å². The van der Waals surface area contributed by atoms with Crippen LogP contribution in [-0.2, 0) is 16.0 Å². The SMILES string of the molecule is C[C@@H]1CN(C(C)(C)CNC(=O)[C@@H]2Cc3ccccc3S2)C[C@H](C)O1. The van der Waals surface area contributed by atoms with Crippen molar-refractivity contribution in [1.29, 1.82) is 0 Å². The van der Waals surface area contributed by atoms with Crippen LogP contribution in [0.15, 0.2) is 29.2 Å². The number of carbonyl (C=O) groups is 1. The highest BCUT2D eigenvalue weighted by atomic mass is 32.2. The minimum atomic E-state index is -0.0713. The molecule has 3 atom stereocenters. The molecule has 0 radical (unpaired) electrons. The van der Waals surface area contributed by atoms with E-state index in [4.69, 9.17) is 4.74 Å². The van der Waals surface area contributed by atoms with E-state index < -0.39 is 0 Å². The van der Waals surface area contributed by atoms with Gasteiger partial charge in [-0.3, -0.25) is 9.69 Å². The van der Waals surface area contributed by atoms with Crippen LogP contribution in [0.25, 0.3) is 0 Å². The molecule has 132 valence electrons. The standard InChI is InChI=1S/C19H28N2O2S/c1-13-10-21(11-14(2)23-13)19(3,4)12-20-18(22)17-9-15-7-5-6-8-16(15)24-17/h5-8,13-14,17H,9-12H2,1-4H3,(H,20,22)/t13-,14+,17-/m0/s1. The van der Waals surface area contributed by atoms with Gasteiger partial charge in [-0.25, -0.2) is 0 Å². The second-order valence-corrected chi connectivity index (χ2v) is 8.86. The molecule has 1 amide bonds. The van der Waals surface area contributed by atoms with Gasteiger partial charge < -0.3 is 10.1 Å². The van der Waals surface area contributed by atoms with Crippen LogP contribution < -0.4 is 5.32 Å². The smallest absolute Gasteiger partial charge is 0.233 e. The number of ether oxygens (including phenoxy) is 1. The molecule has 0 aliphatic carbocycles. The van der Waals surface area contributed by atoms with E-state index in [-0.39, 0.29) is 28.9 Å². The number of nitrogens with one attached hydrogen (secondary N) is 1. The zero-order valence-electron chi connectivity index (χ0n) is 15.0. The summed E-state index contributed by atoms with van der Waals surface area (Å²) in [5.74, 6) is 0.152. The molecule has 2 aliphatic rings. The van der Waals surface area contributed by atoms with E-state index in [1.807, 2.05) is 12.1 Å². The number of nitrogens with zero attached hydrogens (tertiary/aromatic N) is 1. The van der Waals surface area contributed by atoms with Crippen LogP contribution in [-0.4, -0.2) is 53.4 Å². The normalized spacial score (nSPS) is 27.8. The van der Waals surface area contributed by atoms with Crippen molar-refractivity contribution in [2.45, 2.75) is 62.0 Å². The highest BCUT2D eigenvalue weighted by molar-refractivity contribution is 8.01. The van der Waals surface area contributed by atoms with Gasteiger partial charge in [-0.15, -0.1) is 11.8 Å². The highest BCUT2D eigenvalue weighted by Crippen LogP contribution is 2.36. The molecule has 0 aromatic heterocycles. The lowest BCUT2D eigenvalue weighted by atomic mass is 10.00. The second-order valence-electron chi connectivity index (χ2n) is 7.61. The molecule has 1 fully saturated rings. The maximum absolute atomic E-state index is 12.6. The van der Waals surface area contributed by atoms with Crippen molar-refractivity contribution in [3.8, 4) is 0 Å². The minimum absolute atomic E-state index is 0.000682. The van der Waals surface area contributed by atoms with Crippen LogP contribution in [0.4, 0.5) is 0 Å². The number of thioether (sulfide) groups is 1. The predicted molar refractivity (Wildman–Crippen MR) is 98.5 cm³/mol. The maximum atomic E-state index is 12.6. The fourth-order valence-electron chi connectivity index (χ4n) is 3.53. The number of rotatable bonds is 4. The Kier molecular flexibility index (Phi) is 5.23. The van der Waals surface area contributed by atoms with E-state index in [2.05, 4.69) is 50.0 Å². The lowest BCUT2D eigenvalue weighted by Gasteiger charge is -2.45. The molecule has 1 aromatic carbocycles. The summed E-state index contributed by atoms with van der Waals surface area (Å²) in [5, 5.41) is 3.19. The summed E-state index contributed by atoms with van der Waals surface area (Å²) in [6.45, 7) is 11.1. The van der Waals surface area contributed by atoms with Crippen molar-refractivity contribution in [2.24, 2.45) is 0 Å². The van der Waals surface area contributed by atoms with E-state index in [0.29, 0.717) is 6.54 Å². The molecule has 3 rings (SSSR count). The molecule has 5 heteroatoms. The second kappa shape index (κ2) is 7.06. The van der Waals surface area contributed by atoms with Gasteiger partial charge in [0.2, 0.25) is 5.91 Å². The third-order valence-corrected chi connectivity index (χ3v) is 6.23. The minimum Gasteiger partial charge on any atom is -0.373 e. The third-order valence-electron chi connectivity index (χ3n) is 4.91. The first kappa shape index (κ1) is 17.8. The topological polar surface area (TPSA) is 41.6 Å². The maximum Gasteiger partial charge on any atom is 0.233 e. The average molecular weight is 349 g/mol. The van der Waals surface area contributed by atoms with Crippen molar-refractivity contribution < 1.29 is 9.53 Å². The molecule has 2 aliphatic heterocycles. The number of benzene rings is 1. The van der Waals surface area contributed by atoms with Gasteiger partial charge in [0.15, 0.2) is 0 Å². The monoisotopic (exact) mass is 348 g/mol. The van der Waals surface area contributed by atoms with Gasteiger partial charge in [0.05, 0.1) is 17.5 Å². The Hall–Kier alpha value is -1.04. The number of hydrogen-bond acceptors (Lipinski definition) is 4. The molecular weight excluding hydrogens is 320 g/mol. The summed E-state index contributed by atoms with van der Waals surface area (Å²) in [6, 6.07) is 8.31. The summed E-state index contributed by atoms with van der Waals surface area (Å²) < 4.78 is 5.82. The summed E-state index contributed by atoms with van der Waals surface area (Å²) >= 11 is 1.69. The van der Waals surface area contributed by atoms with Crippen molar-refractivity contribution in [3.63, 3.8) is 0 Å².